The molecule has 1 unspecified atom stereocenters. The minimum Gasteiger partial charge on any atom is -0.346 e. The first kappa shape index (κ1) is 40.3. The second kappa shape index (κ2) is 16.5. The zero-order valence-corrected chi connectivity index (χ0v) is 31.8. The first-order valence-electron chi connectivity index (χ1n) is 18.5. The Kier molecular flexibility index (Phi) is 13.0. The number of rotatable bonds is 14. The minimum absolute atomic E-state index is 0.0468. The zero-order valence-electron chi connectivity index (χ0n) is 31.0. The van der Waals surface area contributed by atoms with Gasteiger partial charge in [-0.3, -0.25) is 19.2 Å². The molecule has 4 N–H and O–H groups in total. The Labute approximate surface area is 303 Å². The van der Waals surface area contributed by atoms with E-state index in [4.69, 9.17) is 6.42 Å². The highest BCUT2D eigenvalue weighted by atomic mass is 32.2. The van der Waals surface area contributed by atoms with Crippen molar-refractivity contribution >= 4 is 39.6 Å². The number of carbonyl (C=O) groups excluding carboxylic acids is 5. The van der Waals surface area contributed by atoms with Crippen molar-refractivity contribution in [2.24, 2.45) is 28.6 Å². The molecule has 6 atom stereocenters. The topological polar surface area (TPSA) is 174 Å². The van der Waals surface area contributed by atoms with Crippen LogP contribution in [-0.2, 0) is 29.2 Å². The molecule has 14 heteroatoms. The summed E-state index contributed by atoms with van der Waals surface area (Å²) >= 11 is 0. The van der Waals surface area contributed by atoms with Gasteiger partial charge in [-0.2, -0.15) is 4.31 Å². The second-order valence-electron chi connectivity index (χ2n) is 16.3. The molecule has 0 aromatic rings. The number of piperidine rings is 1. The number of likely N-dealkylation sites (tertiary alicyclic amines) is 1. The summed E-state index contributed by atoms with van der Waals surface area (Å²) in [6, 6.07) is -4.09. The van der Waals surface area contributed by atoms with Crippen molar-refractivity contribution < 1.29 is 32.4 Å². The van der Waals surface area contributed by atoms with Gasteiger partial charge in [0.1, 0.15) is 12.1 Å². The van der Waals surface area contributed by atoms with Crippen LogP contribution in [0.4, 0.5) is 4.79 Å². The van der Waals surface area contributed by atoms with Crippen LogP contribution < -0.4 is 21.3 Å². The number of terminal acetylenes is 1. The molecule has 2 aliphatic heterocycles. The highest BCUT2D eigenvalue weighted by Crippen LogP contribution is 2.65. The predicted molar refractivity (Wildman–Crippen MR) is 194 cm³/mol. The number of sulfonamides is 1. The maximum atomic E-state index is 14.6. The second-order valence-corrected chi connectivity index (χ2v) is 18.4. The molecule has 2 saturated carbocycles. The van der Waals surface area contributed by atoms with Crippen molar-refractivity contribution in [1.29, 1.82) is 0 Å². The summed E-state index contributed by atoms with van der Waals surface area (Å²) in [6.07, 6.45) is 12.8. The largest absolute Gasteiger partial charge is 0.346 e. The van der Waals surface area contributed by atoms with E-state index >= 15 is 0 Å². The summed E-state index contributed by atoms with van der Waals surface area (Å²) in [5.41, 5.74) is -0.714. The van der Waals surface area contributed by atoms with Gasteiger partial charge < -0.3 is 26.2 Å². The lowest BCUT2D eigenvalue weighted by Gasteiger charge is -2.39. The van der Waals surface area contributed by atoms with Crippen LogP contribution in [0, 0.1) is 40.9 Å². The van der Waals surface area contributed by atoms with Crippen LogP contribution >= 0.6 is 0 Å². The van der Waals surface area contributed by atoms with E-state index in [1.165, 1.54) is 10.4 Å². The Balaban J connectivity index is 1.56. The number of fused-ring (bicyclic) bond motifs is 1. The fourth-order valence-electron chi connectivity index (χ4n) is 8.13. The number of hydrogen-bond donors (Lipinski definition) is 4. The summed E-state index contributed by atoms with van der Waals surface area (Å²) in [7, 11) is -3.43. The fraction of sp³-hybridized carbons (Fsp3) is 0.757. The standard InChI is InChI=1S/C37H58N6O7S/c1-8-10-18-26(31(44)33(46)38-19-9-2)39-32(45)30-28-25(37(28,6)7)22-43(30)34(47)29(24-16-12-11-13-17-24)41-35(48)40-27(36(3,4)5)23-42-20-14-15-21-51(42,49)50/h1,9,24-30H,2,10-23H2,3-7H3,(H,38,46)(H,39,45)(H2,40,41,48)/t25-,26?,27+,28-,29-,30-/m0/s1. The van der Waals surface area contributed by atoms with E-state index in [2.05, 4.69) is 33.8 Å². The third kappa shape index (κ3) is 9.52. The quantitative estimate of drug-likeness (QED) is 0.121. The molecule has 51 heavy (non-hydrogen) atoms. The smallest absolute Gasteiger partial charge is 0.315 e. The summed E-state index contributed by atoms with van der Waals surface area (Å²) in [5, 5.41) is 11.2. The van der Waals surface area contributed by atoms with Gasteiger partial charge in [0.15, 0.2) is 0 Å². The predicted octanol–water partition coefficient (Wildman–Crippen LogP) is 2.33. The molecule has 0 radical (unpaired) electrons. The Hall–Kier alpha value is -3.44. The summed E-state index contributed by atoms with van der Waals surface area (Å²) in [6.45, 7) is 14.4. The zero-order chi connectivity index (χ0) is 37.7. The summed E-state index contributed by atoms with van der Waals surface area (Å²) in [5.74, 6) is -0.313. The van der Waals surface area contributed by atoms with E-state index in [9.17, 15) is 32.4 Å². The number of nitrogens with one attached hydrogen (secondary N) is 4. The van der Waals surface area contributed by atoms with Gasteiger partial charge in [0.2, 0.25) is 27.6 Å². The number of Topliss-reactive ketones (excluding diaryl/α,β-unsaturated/α-hetero) is 1. The van der Waals surface area contributed by atoms with E-state index in [-0.39, 0.29) is 60.8 Å². The van der Waals surface area contributed by atoms with Crippen molar-refractivity contribution in [1.82, 2.24) is 30.5 Å². The summed E-state index contributed by atoms with van der Waals surface area (Å²) < 4.78 is 27.1. The Morgan fingerprint density at radius 3 is 2.31 bits per heavy atom. The van der Waals surface area contributed by atoms with Crippen molar-refractivity contribution in [3.63, 3.8) is 0 Å². The minimum atomic E-state index is -3.43. The molecule has 284 valence electrons. The van der Waals surface area contributed by atoms with E-state index in [1.54, 1.807) is 4.90 Å². The Morgan fingerprint density at radius 2 is 1.71 bits per heavy atom. The van der Waals surface area contributed by atoms with Gasteiger partial charge in [-0.05, 0) is 60.7 Å². The number of carbonyl (C=O) groups is 5. The third-order valence-electron chi connectivity index (χ3n) is 11.5. The molecule has 0 aromatic carbocycles. The SMILES string of the molecule is C#CCCC(NC(=O)[C@@H]1[C@@H]2[C@H](CN1C(=O)[C@@H](NC(=O)N[C@H](CN1CCCCS1(=O)=O)C(C)(C)C)C1CCCCC1)C2(C)C)C(=O)C(=O)NCC=C. The van der Waals surface area contributed by atoms with Crippen LogP contribution in [0.1, 0.15) is 92.4 Å². The molecule has 0 spiro atoms. The van der Waals surface area contributed by atoms with Gasteiger partial charge in [0, 0.05) is 38.6 Å². The monoisotopic (exact) mass is 730 g/mol. The van der Waals surface area contributed by atoms with Crippen LogP contribution in [0.3, 0.4) is 0 Å². The first-order valence-corrected chi connectivity index (χ1v) is 20.1. The molecular weight excluding hydrogens is 673 g/mol. The van der Waals surface area contributed by atoms with Crippen LogP contribution in [-0.4, -0.2) is 103 Å². The van der Waals surface area contributed by atoms with Gasteiger partial charge in [-0.1, -0.05) is 60.0 Å². The van der Waals surface area contributed by atoms with Crippen LogP contribution in [0.25, 0.3) is 0 Å². The lowest BCUT2D eigenvalue weighted by molar-refractivity contribution is -0.144. The van der Waals surface area contributed by atoms with Crippen molar-refractivity contribution in [3.05, 3.63) is 12.7 Å². The maximum Gasteiger partial charge on any atom is 0.315 e. The fourth-order valence-corrected chi connectivity index (χ4v) is 9.74. The number of urea groups is 1. The maximum absolute atomic E-state index is 14.6. The van der Waals surface area contributed by atoms with Crippen molar-refractivity contribution in [3.8, 4) is 12.3 Å². The average molecular weight is 731 g/mol. The molecule has 0 bridgehead atoms. The van der Waals surface area contributed by atoms with Gasteiger partial charge in [-0.25, -0.2) is 13.2 Å². The Bertz CT molecular complexity index is 1490. The van der Waals surface area contributed by atoms with Crippen LogP contribution in [0.2, 0.25) is 0 Å². The molecule has 13 nitrogen and oxygen atoms in total. The highest BCUT2D eigenvalue weighted by molar-refractivity contribution is 7.89. The number of nitrogens with zero attached hydrogens (tertiary/aromatic N) is 2. The summed E-state index contributed by atoms with van der Waals surface area (Å²) in [4.78, 5) is 69.7. The van der Waals surface area contributed by atoms with Gasteiger partial charge in [-0.15, -0.1) is 18.9 Å². The number of amides is 5. The first-order chi connectivity index (χ1) is 23.9. The molecule has 5 amide bonds. The molecule has 2 heterocycles. The highest BCUT2D eigenvalue weighted by Gasteiger charge is 2.69. The van der Waals surface area contributed by atoms with E-state index in [1.807, 2.05) is 34.6 Å². The Morgan fingerprint density at radius 1 is 1.02 bits per heavy atom. The van der Waals surface area contributed by atoms with Crippen LogP contribution in [0.5, 0.6) is 0 Å². The van der Waals surface area contributed by atoms with Gasteiger partial charge >= 0.3 is 6.03 Å². The molecule has 2 saturated heterocycles. The lowest BCUT2D eigenvalue weighted by Crippen LogP contribution is -2.62. The molecule has 4 fully saturated rings. The van der Waals surface area contributed by atoms with Gasteiger partial charge in [0.05, 0.1) is 11.8 Å². The molecule has 4 rings (SSSR count). The molecular formula is C37H58N6O7S. The average Bonchev–Trinajstić information content (AvgIpc) is 3.38. The van der Waals surface area contributed by atoms with Gasteiger partial charge in [0.25, 0.3) is 5.91 Å². The molecule has 4 aliphatic rings. The number of hydrogen-bond acceptors (Lipinski definition) is 7. The normalized spacial score (nSPS) is 26.0. The van der Waals surface area contributed by atoms with E-state index in [0.29, 0.717) is 19.5 Å². The molecule has 2 aliphatic carbocycles. The van der Waals surface area contributed by atoms with Crippen molar-refractivity contribution in [2.75, 3.05) is 31.9 Å². The van der Waals surface area contributed by atoms with E-state index in [0.717, 1.165) is 38.5 Å². The number of ketones is 1. The van der Waals surface area contributed by atoms with E-state index < -0.39 is 63.2 Å². The van der Waals surface area contributed by atoms with Crippen LogP contribution in [0.15, 0.2) is 12.7 Å². The molecule has 0 aromatic heterocycles. The third-order valence-corrected chi connectivity index (χ3v) is 13.4. The lowest BCUT2D eigenvalue weighted by atomic mass is 9.83. The van der Waals surface area contributed by atoms with Crippen molar-refractivity contribution in [2.45, 2.75) is 117 Å².